The number of benzene rings is 1. The first-order valence-electron chi connectivity index (χ1n) is 4.97. The van der Waals surface area contributed by atoms with Gasteiger partial charge in [-0.25, -0.2) is 0 Å². The topological polar surface area (TPSA) is 27.7 Å². The molecule has 0 aromatic heterocycles. The maximum Gasteiger partial charge on any atom is 0.161 e. The number of aryl methyl sites for hydroxylation is 1. The Morgan fingerprint density at radius 3 is 2.53 bits per heavy atom. The van der Waals surface area contributed by atoms with Gasteiger partial charge in [0.15, 0.2) is 11.5 Å². The van der Waals surface area contributed by atoms with E-state index in [1.807, 2.05) is 32.0 Å². The highest BCUT2D eigenvalue weighted by molar-refractivity contribution is 5.42. The van der Waals surface area contributed by atoms with Crippen molar-refractivity contribution in [2.75, 3.05) is 20.8 Å². The van der Waals surface area contributed by atoms with Gasteiger partial charge in [-0.15, -0.1) is 0 Å². The Morgan fingerprint density at radius 2 is 1.93 bits per heavy atom. The predicted octanol–water partition coefficient (Wildman–Crippen LogP) is 2.42. The highest BCUT2D eigenvalue weighted by Crippen LogP contribution is 2.27. The van der Waals surface area contributed by atoms with Crippen LogP contribution in [0.15, 0.2) is 18.2 Å². The maximum absolute atomic E-state index is 5.59. The van der Waals surface area contributed by atoms with Crippen molar-refractivity contribution in [2.24, 2.45) is 0 Å². The molecule has 1 aromatic rings. The SMILES string of the molecule is COc1cc(C)ccc1OCC(C)OC. The van der Waals surface area contributed by atoms with Crippen molar-refractivity contribution in [1.82, 2.24) is 0 Å². The summed E-state index contributed by atoms with van der Waals surface area (Å²) in [6, 6.07) is 5.86. The van der Waals surface area contributed by atoms with E-state index in [4.69, 9.17) is 14.2 Å². The fourth-order valence-corrected chi connectivity index (χ4v) is 1.17. The summed E-state index contributed by atoms with van der Waals surface area (Å²) in [7, 11) is 3.31. The molecular weight excluding hydrogens is 192 g/mol. The van der Waals surface area contributed by atoms with Crippen LogP contribution in [0.5, 0.6) is 11.5 Å². The van der Waals surface area contributed by atoms with Gasteiger partial charge in [0.1, 0.15) is 6.61 Å². The van der Waals surface area contributed by atoms with Gasteiger partial charge in [0.2, 0.25) is 0 Å². The number of rotatable bonds is 5. The molecule has 0 aliphatic carbocycles. The summed E-state index contributed by atoms with van der Waals surface area (Å²) in [6.07, 6.45) is 0.0796. The lowest BCUT2D eigenvalue weighted by molar-refractivity contribution is 0.0706. The Morgan fingerprint density at radius 1 is 1.20 bits per heavy atom. The van der Waals surface area contributed by atoms with E-state index in [0.29, 0.717) is 6.61 Å². The van der Waals surface area contributed by atoms with Crippen LogP contribution in [-0.2, 0) is 4.74 Å². The Kier molecular flexibility index (Phi) is 4.43. The summed E-state index contributed by atoms with van der Waals surface area (Å²) >= 11 is 0. The Balaban J connectivity index is 2.67. The van der Waals surface area contributed by atoms with Crippen LogP contribution in [0.25, 0.3) is 0 Å². The summed E-state index contributed by atoms with van der Waals surface area (Å²) in [5.74, 6) is 1.52. The lowest BCUT2D eigenvalue weighted by atomic mass is 10.2. The molecule has 0 saturated heterocycles. The van der Waals surface area contributed by atoms with Gasteiger partial charge in [-0.3, -0.25) is 0 Å². The predicted molar refractivity (Wildman–Crippen MR) is 59.7 cm³/mol. The van der Waals surface area contributed by atoms with Crippen molar-refractivity contribution in [3.8, 4) is 11.5 Å². The molecule has 0 aliphatic heterocycles. The fourth-order valence-electron chi connectivity index (χ4n) is 1.17. The summed E-state index contributed by atoms with van der Waals surface area (Å²) in [4.78, 5) is 0. The van der Waals surface area contributed by atoms with Crippen LogP contribution in [0.1, 0.15) is 12.5 Å². The molecule has 0 spiro atoms. The van der Waals surface area contributed by atoms with Crippen LogP contribution in [-0.4, -0.2) is 26.9 Å². The van der Waals surface area contributed by atoms with Gasteiger partial charge in [-0.2, -0.15) is 0 Å². The molecule has 1 unspecified atom stereocenters. The van der Waals surface area contributed by atoms with Gasteiger partial charge in [0.05, 0.1) is 13.2 Å². The van der Waals surface area contributed by atoms with Gasteiger partial charge in [0, 0.05) is 7.11 Å². The van der Waals surface area contributed by atoms with Crippen LogP contribution >= 0.6 is 0 Å². The van der Waals surface area contributed by atoms with E-state index in [0.717, 1.165) is 17.1 Å². The number of methoxy groups -OCH3 is 2. The summed E-state index contributed by atoms with van der Waals surface area (Å²) in [5.41, 5.74) is 1.15. The zero-order chi connectivity index (χ0) is 11.3. The quantitative estimate of drug-likeness (QED) is 0.747. The summed E-state index contributed by atoms with van der Waals surface area (Å²) in [6.45, 7) is 4.50. The Labute approximate surface area is 91.0 Å². The zero-order valence-corrected chi connectivity index (χ0v) is 9.74. The van der Waals surface area contributed by atoms with Crippen LogP contribution in [0.4, 0.5) is 0 Å². The summed E-state index contributed by atoms with van der Waals surface area (Å²) < 4.78 is 15.9. The number of ether oxygens (including phenoxy) is 3. The third-order valence-electron chi connectivity index (χ3n) is 2.20. The third kappa shape index (κ3) is 3.44. The maximum atomic E-state index is 5.59. The molecule has 0 fully saturated rings. The first-order chi connectivity index (χ1) is 7.17. The number of hydrogen-bond acceptors (Lipinski definition) is 3. The van der Waals surface area contributed by atoms with Gasteiger partial charge < -0.3 is 14.2 Å². The molecule has 0 radical (unpaired) electrons. The van der Waals surface area contributed by atoms with Crippen molar-refractivity contribution in [1.29, 1.82) is 0 Å². The van der Waals surface area contributed by atoms with Crippen LogP contribution < -0.4 is 9.47 Å². The molecule has 1 rings (SSSR count). The van der Waals surface area contributed by atoms with Crippen molar-refractivity contribution < 1.29 is 14.2 Å². The zero-order valence-electron chi connectivity index (χ0n) is 9.74. The molecule has 0 amide bonds. The van der Waals surface area contributed by atoms with Crippen LogP contribution in [0.3, 0.4) is 0 Å². The Bertz CT molecular complexity index is 310. The van der Waals surface area contributed by atoms with Gasteiger partial charge in [-0.1, -0.05) is 6.07 Å². The highest BCUT2D eigenvalue weighted by Gasteiger charge is 2.06. The standard InChI is InChI=1S/C12H18O3/c1-9-5-6-11(12(7-9)14-4)15-8-10(2)13-3/h5-7,10H,8H2,1-4H3. The minimum absolute atomic E-state index is 0.0796. The molecule has 15 heavy (non-hydrogen) atoms. The lowest BCUT2D eigenvalue weighted by Crippen LogP contribution is -2.16. The smallest absolute Gasteiger partial charge is 0.161 e. The molecule has 1 atom stereocenters. The van der Waals surface area contributed by atoms with Crippen molar-refractivity contribution in [2.45, 2.75) is 20.0 Å². The second-order valence-corrected chi connectivity index (χ2v) is 3.51. The second-order valence-electron chi connectivity index (χ2n) is 3.51. The van der Waals surface area contributed by atoms with Crippen molar-refractivity contribution in [3.05, 3.63) is 23.8 Å². The average Bonchev–Trinajstić information content (AvgIpc) is 2.26. The normalized spacial score (nSPS) is 12.3. The van der Waals surface area contributed by atoms with E-state index >= 15 is 0 Å². The van der Waals surface area contributed by atoms with Gasteiger partial charge in [0.25, 0.3) is 0 Å². The molecule has 0 aliphatic rings. The molecule has 1 aromatic carbocycles. The molecule has 3 nitrogen and oxygen atoms in total. The Hall–Kier alpha value is -1.22. The van der Waals surface area contributed by atoms with E-state index < -0.39 is 0 Å². The minimum atomic E-state index is 0.0796. The molecule has 3 heteroatoms. The highest BCUT2D eigenvalue weighted by atomic mass is 16.5. The largest absolute Gasteiger partial charge is 0.493 e. The molecular formula is C12H18O3. The molecule has 0 saturated carbocycles. The van der Waals surface area contributed by atoms with E-state index in [2.05, 4.69) is 0 Å². The first kappa shape index (κ1) is 11.9. The summed E-state index contributed by atoms with van der Waals surface area (Å²) in [5, 5.41) is 0. The van der Waals surface area contributed by atoms with E-state index in [9.17, 15) is 0 Å². The van der Waals surface area contributed by atoms with E-state index in [1.54, 1.807) is 14.2 Å². The minimum Gasteiger partial charge on any atom is -0.493 e. The van der Waals surface area contributed by atoms with Crippen LogP contribution in [0.2, 0.25) is 0 Å². The van der Waals surface area contributed by atoms with Gasteiger partial charge >= 0.3 is 0 Å². The fraction of sp³-hybridized carbons (Fsp3) is 0.500. The second kappa shape index (κ2) is 5.61. The van der Waals surface area contributed by atoms with E-state index in [-0.39, 0.29) is 6.10 Å². The third-order valence-corrected chi connectivity index (χ3v) is 2.20. The molecule has 84 valence electrons. The first-order valence-corrected chi connectivity index (χ1v) is 4.97. The molecule has 0 bridgehead atoms. The van der Waals surface area contributed by atoms with Crippen molar-refractivity contribution in [3.63, 3.8) is 0 Å². The molecule has 0 N–H and O–H groups in total. The number of hydrogen-bond donors (Lipinski definition) is 0. The lowest BCUT2D eigenvalue weighted by Gasteiger charge is -2.14. The molecule has 0 heterocycles. The van der Waals surface area contributed by atoms with Crippen LogP contribution in [0, 0.1) is 6.92 Å². The van der Waals surface area contributed by atoms with Crippen molar-refractivity contribution >= 4 is 0 Å². The average molecular weight is 210 g/mol. The van der Waals surface area contributed by atoms with Gasteiger partial charge in [-0.05, 0) is 31.5 Å². The van der Waals surface area contributed by atoms with E-state index in [1.165, 1.54) is 0 Å². The monoisotopic (exact) mass is 210 g/mol.